The van der Waals surface area contributed by atoms with Gasteiger partial charge in [-0.3, -0.25) is 4.89 Å². The molecule has 2 fully saturated rings. The highest BCUT2D eigenvalue weighted by molar-refractivity contribution is 5.80. The summed E-state index contributed by atoms with van der Waals surface area (Å²) in [7, 11) is 0. The zero-order valence-electron chi connectivity index (χ0n) is 11.1. The Morgan fingerprint density at radius 1 is 1.11 bits per heavy atom. The molecule has 0 heterocycles. The molecule has 0 aliphatic heterocycles. The van der Waals surface area contributed by atoms with E-state index >= 15 is 0 Å². The van der Waals surface area contributed by atoms with Gasteiger partial charge in [0.2, 0.25) is 0 Å². The lowest BCUT2D eigenvalue weighted by molar-refractivity contribution is -0.277. The van der Waals surface area contributed by atoms with E-state index in [2.05, 4.69) is 11.5 Å². The van der Waals surface area contributed by atoms with Gasteiger partial charge in [0.1, 0.15) is 0 Å². The second-order valence-electron chi connectivity index (χ2n) is 5.64. The molecule has 2 rings (SSSR count). The summed E-state index contributed by atoms with van der Waals surface area (Å²) in [6.45, 7) is 3.92. The monoisotopic (exact) mass is 252 g/mol. The molecule has 3 heteroatoms. The molecule has 0 unspecified atom stereocenters. The van der Waals surface area contributed by atoms with Crippen LogP contribution >= 0.6 is 0 Å². The standard InChI is InChI=1S/C15H24O3/c1-2-15(16)18-17-11-14(12-7-3-4-8-12)13-9-5-6-10-13/h2,12-14H,1,3-11H2. The van der Waals surface area contributed by atoms with Crippen LogP contribution in [0.4, 0.5) is 0 Å². The first-order chi connectivity index (χ1) is 8.81. The van der Waals surface area contributed by atoms with Crippen molar-refractivity contribution in [3.05, 3.63) is 12.7 Å². The Kier molecular flexibility index (Phi) is 5.24. The minimum Gasteiger partial charge on any atom is -0.294 e. The Labute approximate surface area is 109 Å². The molecule has 0 amide bonds. The highest BCUT2D eigenvalue weighted by Gasteiger charge is 2.33. The minimum absolute atomic E-state index is 0.494. The van der Waals surface area contributed by atoms with Crippen LogP contribution in [0.15, 0.2) is 12.7 Å². The van der Waals surface area contributed by atoms with E-state index in [4.69, 9.17) is 4.89 Å². The molecule has 2 saturated carbocycles. The highest BCUT2D eigenvalue weighted by Crippen LogP contribution is 2.41. The highest BCUT2D eigenvalue weighted by atomic mass is 17.2. The fraction of sp³-hybridized carbons (Fsp3) is 0.800. The lowest BCUT2D eigenvalue weighted by atomic mass is 9.80. The summed E-state index contributed by atoms with van der Waals surface area (Å²) < 4.78 is 0. The fourth-order valence-electron chi connectivity index (χ4n) is 3.63. The maximum atomic E-state index is 11.0. The molecule has 0 N–H and O–H groups in total. The van der Waals surface area contributed by atoms with Crippen molar-refractivity contribution in [1.82, 2.24) is 0 Å². The van der Waals surface area contributed by atoms with Crippen LogP contribution in [0.1, 0.15) is 51.4 Å². The largest absolute Gasteiger partial charge is 0.365 e. The SMILES string of the molecule is C=CC(=O)OOCC(C1CCCC1)C1CCCC1. The third-order valence-corrected chi connectivity index (χ3v) is 4.58. The molecule has 3 nitrogen and oxygen atoms in total. The van der Waals surface area contributed by atoms with Gasteiger partial charge < -0.3 is 0 Å². The molecule has 0 radical (unpaired) electrons. The molecule has 0 atom stereocenters. The van der Waals surface area contributed by atoms with Gasteiger partial charge in [0.25, 0.3) is 0 Å². The number of rotatable bonds is 6. The molecule has 0 spiro atoms. The van der Waals surface area contributed by atoms with Crippen molar-refractivity contribution < 1.29 is 14.6 Å². The van der Waals surface area contributed by atoms with Gasteiger partial charge in [-0.05, 0) is 17.8 Å². The average molecular weight is 252 g/mol. The Bertz CT molecular complexity index is 259. The van der Waals surface area contributed by atoms with Crippen LogP contribution in [-0.2, 0) is 14.6 Å². The van der Waals surface area contributed by atoms with Gasteiger partial charge in [0.05, 0.1) is 6.61 Å². The van der Waals surface area contributed by atoms with E-state index in [1.807, 2.05) is 0 Å². The molecule has 18 heavy (non-hydrogen) atoms. The Morgan fingerprint density at radius 2 is 1.61 bits per heavy atom. The van der Waals surface area contributed by atoms with Crippen molar-refractivity contribution in [3.63, 3.8) is 0 Å². The lowest BCUT2D eigenvalue weighted by Gasteiger charge is -2.28. The van der Waals surface area contributed by atoms with Crippen molar-refractivity contribution in [2.75, 3.05) is 6.61 Å². The fourth-order valence-corrected chi connectivity index (χ4v) is 3.63. The quantitative estimate of drug-likeness (QED) is 0.411. The van der Waals surface area contributed by atoms with Crippen LogP contribution in [-0.4, -0.2) is 12.6 Å². The zero-order chi connectivity index (χ0) is 12.8. The lowest BCUT2D eigenvalue weighted by Crippen LogP contribution is -2.26. The van der Waals surface area contributed by atoms with Crippen LogP contribution < -0.4 is 0 Å². The second kappa shape index (κ2) is 6.93. The molecule has 102 valence electrons. The van der Waals surface area contributed by atoms with Crippen LogP contribution in [0.5, 0.6) is 0 Å². The molecule has 0 saturated heterocycles. The summed E-state index contributed by atoms with van der Waals surface area (Å²) in [6, 6.07) is 0. The first-order valence-electron chi connectivity index (χ1n) is 7.27. The summed E-state index contributed by atoms with van der Waals surface area (Å²) in [4.78, 5) is 20.8. The topological polar surface area (TPSA) is 35.5 Å². The van der Waals surface area contributed by atoms with Crippen LogP contribution in [0.2, 0.25) is 0 Å². The van der Waals surface area contributed by atoms with Crippen LogP contribution in [0.3, 0.4) is 0 Å². The number of carbonyl (C=O) groups excluding carboxylic acids is 1. The maximum absolute atomic E-state index is 11.0. The summed E-state index contributed by atoms with van der Waals surface area (Å²) >= 11 is 0. The van der Waals surface area contributed by atoms with Gasteiger partial charge in [-0.25, -0.2) is 4.79 Å². The van der Waals surface area contributed by atoms with Gasteiger partial charge in [-0.1, -0.05) is 57.9 Å². The predicted molar refractivity (Wildman–Crippen MR) is 69.6 cm³/mol. The Hall–Kier alpha value is -0.830. The maximum Gasteiger partial charge on any atom is 0.365 e. The average Bonchev–Trinajstić information content (AvgIpc) is 3.06. The predicted octanol–water partition coefficient (Wildman–Crippen LogP) is 3.64. The number of hydrogen-bond donors (Lipinski definition) is 0. The first kappa shape index (κ1) is 13.6. The van der Waals surface area contributed by atoms with E-state index in [1.165, 1.54) is 51.4 Å². The summed E-state index contributed by atoms with van der Waals surface area (Å²) in [5.74, 6) is 1.63. The van der Waals surface area contributed by atoms with Crippen LogP contribution in [0, 0.1) is 17.8 Å². The van der Waals surface area contributed by atoms with Crippen molar-refractivity contribution in [2.45, 2.75) is 51.4 Å². The van der Waals surface area contributed by atoms with Gasteiger partial charge >= 0.3 is 5.97 Å². The molecular formula is C15H24O3. The summed E-state index contributed by atoms with van der Waals surface area (Å²) in [5.41, 5.74) is 0. The zero-order valence-corrected chi connectivity index (χ0v) is 11.1. The number of hydrogen-bond acceptors (Lipinski definition) is 3. The Balaban J connectivity index is 1.83. The van der Waals surface area contributed by atoms with Crippen molar-refractivity contribution >= 4 is 5.97 Å². The van der Waals surface area contributed by atoms with E-state index in [0.29, 0.717) is 12.5 Å². The smallest absolute Gasteiger partial charge is 0.294 e. The van der Waals surface area contributed by atoms with Gasteiger partial charge in [-0.15, -0.1) is 0 Å². The first-order valence-corrected chi connectivity index (χ1v) is 7.27. The van der Waals surface area contributed by atoms with Crippen molar-refractivity contribution in [2.24, 2.45) is 17.8 Å². The van der Waals surface area contributed by atoms with Crippen molar-refractivity contribution in [3.8, 4) is 0 Å². The Morgan fingerprint density at radius 3 is 2.06 bits per heavy atom. The number of carbonyl (C=O) groups is 1. The molecule has 0 aromatic carbocycles. The van der Waals surface area contributed by atoms with E-state index < -0.39 is 5.97 Å². The summed E-state index contributed by atoms with van der Waals surface area (Å²) in [6.07, 6.45) is 11.8. The molecule has 0 aromatic rings. The van der Waals surface area contributed by atoms with Gasteiger partial charge in [-0.2, -0.15) is 4.89 Å². The minimum atomic E-state index is -0.494. The third kappa shape index (κ3) is 3.58. The van der Waals surface area contributed by atoms with E-state index in [9.17, 15) is 4.79 Å². The summed E-state index contributed by atoms with van der Waals surface area (Å²) in [5, 5.41) is 0. The van der Waals surface area contributed by atoms with Gasteiger partial charge in [0, 0.05) is 6.08 Å². The second-order valence-corrected chi connectivity index (χ2v) is 5.64. The van der Waals surface area contributed by atoms with E-state index in [0.717, 1.165) is 17.9 Å². The van der Waals surface area contributed by atoms with Crippen molar-refractivity contribution in [1.29, 1.82) is 0 Å². The molecule has 2 aliphatic rings. The van der Waals surface area contributed by atoms with Gasteiger partial charge in [0.15, 0.2) is 0 Å². The third-order valence-electron chi connectivity index (χ3n) is 4.58. The van der Waals surface area contributed by atoms with E-state index in [1.54, 1.807) is 0 Å². The molecular weight excluding hydrogens is 228 g/mol. The van der Waals surface area contributed by atoms with Crippen LogP contribution in [0.25, 0.3) is 0 Å². The molecule has 0 bridgehead atoms. The molecule has 2 aliphatic carbocycles. The normalized spacial score (nSPS) is 21.6. The molecule has 0 aromatic heterocycles. The van der Waals surface area contributed by atoms with E-state index in [-0.39, 0.29) is 0 Å².